The lowest BCUT2D eigenvalue weighted by Crippen LogP contribution is -2.37. The van der Waals surface area contributed by atoms with Crippen LogP contribution in [-0.4, -0.2) is 9.55 Å². The number of aromatic nitrogens is 2. The zero-order valence-corrected chi connectivity index (χ0v) is 9.71. The maximum atomic E-state index is 11.7. The number of para-hydroxylation sites is 1. The van der Waals surface area contributed by atoms with E-state index in [1.165, 1.54) is 4.57 Å². The number of hydrogen-bond acceptors (Lipinski definition) is 2. The number of halogens is 1. The van der Waals surface area contributed by atoms with E-state index in [0.717, 1.165) is 0 Å². The zero-order chi connectivity index (χ0) is 11.9. The molecule has 0 radical (unpaired) electrons. The Kier molecular flexibility index (Phi) is 2.59. The van der Waals surface area contributed by atoms with Crippen molar-refractivity contribution >= 4 is 22.6 Å². The second-order valence-corrected chi connectivity index (χ2v) is 4.27. The minimum atomic E-state index is -0.622. The molecule has 4 nitrogen and oxygen atoms in total. The van der Waals surface area contributed by atoms with Crippen molar-refractivity contribution in [3.8, 4) is 0 Å². The molecule has 0 aliphatic heterocycles. The fourth-order valence-corrected chi connectivity index (χ4v) is 2.01. The molecular formula is C11H11ClN2O2. The minimum absolute atomic E-state index is 0.114. The molecule has 16 heavy (non-hydrogen) atoms. The molecule has 1 aromatic carbocycles. The first-order valence-electron chi connectivity index (χ1n) is 4.95. The van der Waals surface area contributed by atoms with Gasteiger partial charge < -0.3 is 4.98 Å². The zero-order valence-electron chi connectivity index (χ0n) is 8.95. The van der Waals surface area contributed by atoms with Gasteiger partial charge >= 0.3 is 11.1 Å². The lowest BCUT2D eigenvalue weighted by Gasteiger charge is -2.13. The van der Waals surface area contributed by atoms with Gasteiger partial charge in [-0.1, -0.05) is 17.7 Å². The highest BCUT2D eigenvalue weighted by Gasteiger charge is 2.12. The van der Waals surface area contributed by atoms with Crippen LogP contribution in [0.15, 0.2) is 27.8 Å². The summed E-state index contributed by atoms with van der Waals surface area (Å²) >= 11 is 6.05. The Morgan fingerprint density at radius 1 is 1.31 bits per heavy atom. The van der Waals surface area contributed by atoms with Crippen molar-refractivity contribution in [2.75, 3.05) is 0 Å². The van der Waals surface area contributed by atoms with Crippen molar-refractivity contribution in [1.29, 1.82) is 0 Å². The van der Waals surface area contributed by atoms with Gasteiger partial charge in [0.25, 0.3) is 0 Å². The largest absolute Gasteiger partial charge is 0.317 e. The van der Waals surface area contributed by atoms with Crippen LogP contribution in [-0.2, 0) is 0 Å². The molecule has 0 atom stereocenters. The van der Waals surface area contributed by atoms with Gasteiger partial charge in [-0.3, -0.25) is 14.2 Å². The van der Waals surface area contributed by atoms with Crippen LogP contribution in [0, 0.1) is 0 Å². The summed E-state index contributed by atoms with van der Waals surface area (Å²) in [6.07, 6.45) is 0. The quantitative estimate of drug-likeness (QED) is 0.772. The topological polar surface area (TPSA) is 54.9 Å². The van der Waals surface area contributed by atoms with E-state index >= 15 is 0 Å². The van der Waals surface area contributed by atoms with Crippen molar-refractivity contribution in [2.45, 2.75) is 19.9 Å². The fourth-order valence-electron chi connectivity index (χ4n) is 1.74. The first-order valence-corrected chi connectivity index (χ1v) is 5.33. The van der Waals surface area contributed by atoms with Gasteiger partial charge in [0.05, 0.1) is 16.1 Å². The fraction of sp³-hybridized carbons (Fsp3) is 0.273. The Labute approximate surface area is 96.5 Å². The number of rotatable bonds is 1. The third-order valence-electron chi connectivity index (χ3n) is 2.41. The number of hydrogen-bond donors (Lipinski definition) is 1. The summed E-state index contributed by atoms with van der Waals surface area (Å²) in [5.74, 6) is 0. The van der Waals surface area contributed by atoms with Crippen LogP contribution in [0.4, 0.5) is 0 Å². The Hall–Kier alpha value is -1.55. The smallest absolute Gasteiger partial charge is 0.316 e. The van der Waals surface area contributed by atoms with Crippen LogP contribution in [0.2, 0.25) is 5.02 Å². The lowest BCUT2D eigenvalue weighted by molar-refractivity contribution is 0.593. The Morgan fingerprint density at radius 2 is 2.00 bits per heavy atom. The summed E-state index contributed by atoms with van der Waals surface area (Å²) < 4.78 is 1.41. The van der Waals surface area contributed by atoms with Gasteiger partial charge in [-0.2, -0.15) is 0 Å². The second kappa shape index (κ2) is 3.79. The van der Waals surface area contributed by atoms with E-state index < -0.39 is 11.1 Å². The second-order valence-electron chi connectivity index (χ2n) is 3.86. The monoisotopic (exact) mass is 238 g/mol. The van der Waals surface area contributed by atoms with Crippen LogP contribution in [0.5, 0.6) is 0 Å². The molecule has 1 aromatic heterocycles. The van der Waals surface area contributed by atoms with Crippen LogP contribution < -0.4 is 11.1 Å². The number of fused-ring (bicyclic) bond motifs is 1. The van der Waals surface area contributed by atoms with E-state index in [2.05, 4.69) is 4.98 Å². The molecule has 5 heteroatoms. The number of nitrogens with one attached hydrogen (secondary N) is 1. The highest BCUT2D eigenvalue weighted by atomic mass is 35.5. The SMILES string of the molecule is CC(C)n1c(=O)c(=O)[nH]c2cccc(Cl)c21. The van der Waals surface area contributed by atoms with Crippen molar-refractivity contribution < 1.29 is 0 Å². The first-order chi connectivity index (χ1) is 7.52. The van der Waals surface area contributed by atoms with Crippen molar-refractivity contribution in [2.24, 2.45) is 0 Å². The minimum Gasteiger partial charge on any atom is -0.316 e. The summed E-state index contributed by atoms with van der Waals surface area (Å²) in [5.41, 5.74) is -0.0476. The predicted molar refractivity (Wildman–Crippen MR) is 64.2 cm³/mol. The Balaban J connectivity index is 3.09. The van der Waals surface area contributed by atoms with Crippen molar-refractivity contribution in [3.63, 3.8) is 0 Å². The maximum absolute atomic E-state index is 11.7. The average molecular weight is 239 g/mol. The molecule has 0 fully saturated rings. The molecule has 0 aliphatic rings. The van der Waals surface area contributed by atoms with Crippen LogP contribution in [0.25, 0.3) is 11.0 Å². The maximum Gasteiger partial charge on any atom is 0.317 e. The van der Waals surface area contributed by atoms with E-state index in [1.807, 2.05) is 13.8 Å². The molecule has 0 bridgehead atoms. The number of benzene rings is 1. The number of aromatic amines is 1. The molecular weight excluding hydrogens is 228 g/mol. The van der Waals surface area contributed by atoms with E-state index in [4.69, 9.17) is 11.6 Å². The van der Waals surface area contributed by atoms with Crippen molar-refractivity contribution in [1.82, 2.24) is 9.55 Å². The highest BCUT2D eigenvalue weighted by molar-refractivity contribution is 6.34. The molecule has 1 N–H and O–H groups in total. The molecule has 1 heterocycles. The van der Waals surface area contributed by atoms with Crippen LogP contribution >= 0.6 is 11.6 Å². The molecule has 2 rings (SSSR count). The normalized spacial score (nSPS) is 11.2. The van der Waals surface area contributed by atoms with E-state index in [0.29, 0.717) is 16.1 Å². The highest BCUT2D eigenvalue weighted by Crippen LogP contribution is 2.21. The summed E-state index contributed by atoms with van der Waals surface area (Å²) in [4.78, 5) is 25.7. The van der Waals surface area contributed by atoms with E-state index in [-0.39, 0.29) is 6.04 Å². The molecule has 84 valence electrons. The summed E-state index contributed by atoms with van der Waals surface area (Å²) in [6.45, 7) is 3.67. The van der Waals surface area contributed by atoms with Gasteiger partial charge in [0, 0.05) is 6.04 Å². The molecule has 0 saturated carbocycles. The molecule has 0 amide bonds. The summed E-state index contributed by atoms with van der Waals surface area (Å²) in [5, 5.41) is 0.458. The Morgan fingerprint density at radius 3 is 2.62 bits per heavy atom. The molecule has 0 unspecified atom stereocenters. The van der Waals surface area contributed by atoms with Crippen LogP contribution in [0.3, 0.4) is 0 Å². The first kappa shape index (κ1) is 11.0. The number of nitrogens with zero attached hydrogens (tertiary/aromatic N) is 1. The van der Waals surface area contributed by atoms with E-state index in [9.17, 15) is 9.59 Å². The summed E-state index contributed by atoms with van der Waals surface area (Å²) in [6, 6.07) is 5.04. The molecule has 0 spiro atoms. The average Bonchev–Trinajstić information content (AvgIpc) is 2.20. The van der Waals surface area contributed by atoms with E-state index in [1.54, 1.807) is 18.2 Å². The standard InChI is InChI=1S/C11H11ClN2O2/c1-6(2)14-9-7(12)4-3-5-8(9)13-10(15)11(14)16/h3-6H,1-2H3,(H,13,15). The van der Waals surface area contributed by atoms with Crippen LogP contribution in [0.1, 0.15) is 19.9 Å². The molecule has 0 aliphatic carbocycles. The van der Waals surface area contributed by atoms with Gasteiger partial charge in [-0.15, -0.1) is 0 Å². The summed E-state index contributed by atoms with van der Waals surface area (Å²) in [7, 11) is 0. The van der Waals surface area contributed by atoms with Gasteiger partial charge in [-0.05, 0) is 26.0 Å². The predicted octanol–water partition coefficient (Wildman–Crippen LogP) is 1.92. The van der Waals surface area contributed by atoms with Gasteiger partial charge in [0.15, 0.2) is 0 Å². The third-order valence-corrected chi connectivity index (χ3v) is 2.71. The molecule has 0 saturated heterocycles. The van der Waals surface area contributed by atoms with Gasteiger partial charge in [0.2, 0.25) is 0 Å². The third kappa shape index (κ3) is 1.55. The molecule has 2 aromatic rings. The van der Waals surface area contributed by atoms with Crippen molar-refractivity contribution in [3.05, 3.63) is 43.9 Å². The lowest BCUT2D eigenvalue weighted by atomic mass is 10.2. The van der Waals surface area contributed by atoms with Gasteiger partial charge in [0.1, 0.15) is 0 Å². The van der Waals surface area contributed by atoms with Gasteiger partial charge in [-0.25, -0.2) is 0 Å². The Bertz CT molecular complexity index is 655. The number of H-pyrrole nitrogens is 1.